The van der Waals surface area contributed by atoms with E-state index in [1.807, 2.05) is 6.08 Å². The van der Waals surface area contributed by atoms with Gasteiger partial charge in [-0.05, 0) is 25.3 Å². The van der Waals surface area contributed by atoms with Crippen molar-refractivity contribution in [2.75, 3.05) is 0 Å². The lowest BCUT2D eigenvalue weighted by Gasteiger charge is -2.18. The number of rotatable bonds is 3. The van der Waals surface area contributed by atoms with Gasteiger partial charge in [0, 0.05) is 5.92 Å². The summed E-state index contributed by atoms with van der Waals surface area (Å²) in [5.41, 5.74) is 0. The molecule has 0 aromatic carbocycles. The van der Waals surface area contributed by atoms with E-state index in [1.165, 1.54) is 19.3 Å². The molecule has 0 aromatic rings. The molecule has 0 N–H and O–H groups in total. The summed E-state index contributed by atoms with van der Waals surface area (Å²) in [7, 11) is 0. The van der Waals surface area contributed by atoms with Gasteiger partial charge in [0.05, 0.1) is 0 Å². The highest BCUT2D eigenvalue weighted by atomic mass is 16.1. The average molecular weight is 166 g/mol. The molecule has 1 heteroatoms. The van der Waals surface area contributed by atoms with E-state index in [0.717, 1.165) is 19.3 Å². The smallest absolute Gasteiger partial charge is 0.158 e. The van der Waals surface area contributed by atoms with Crippen molar-refractivity contribution in [2.45, 2.75) is 45.4 Å². The second-order valence-corrected chi connectivity index (χ2v) is 3.55. The maximum Gasteiger partial charge on any atom is 0.158 e. The quantitative estimate of drug-likeness (QED) is 0.589. The third-order valence-electron chi connectivity index (χ3n) is 2.53. The normalized spacial score (nSPS) is 20.1. The zero-order valence-electron chi connectivity index (χ0n) is 7.88. The van der Waals surface area contributed by atoms with E-state index in [1.54, 1.807) is 6.08 Å². The van der Waals surface area contributed by atoms with Gasteiger partial charge in [-0.1, -0.05) is 32.3 Å². The molecule has 0 saturated heterocycles. The molecule has 0 spiro atoms. The van der Waals surface area contributed by atoms with Crippen LogP contribution in [0.4, 0.5) is 0 Å². The third kappa shape index (κ3) is 2.80. The van der Waals surface area contributed by atoms with E-state index in [0.29, 0.717) is 11.7 Å². The second kappa shape index (κ2) is 5.13. The maximum atomic E-state index is 11.5. The highest BCUT2D eigenvalue weighted by Crippen LogP contribution is 2.24. The average Bonchev–Trinajstić information content (AvgIpc) is 2.15. The van der Waals surface area contributed by atoms with Crippen molar-refractivity contribution in [3.8, 4) is 0 Å². The number of carbonyl (C=O) groups excluding carboxylic acids is 1. The van der Waals surface area contributed by atoms with E-state index < -0.39 is 0 Å². The number of hydrogen-bond acceptors (Lipinski definition) is 1. The van der Waals surface area contributed by atoms with Crippen molar-refractivity contribution in [1.29, 1.82) is 0 Å². The summed E-state index contributed by atoms with van der Waals surface area (Å²) in [5, 5.41) is 0. The first-order valence-corrected chi connectivity index (χ1v) is 5.05. The Kier molecular flexibility index (Phi) is 4.06. The first-order chi connectivity index (χ1) is 5.84. The molecule has 1 saturated carbocycles. The molecule has 0 radical (unpaired) electrons. The minimum Gasteiger partial charge on any atom is -0.295 e. The fraction of sp³-hybridized carbons (Fsp3) is 0.727. The lowest BCUT2D eigenvalue weighted by molar-refractivity contribution is -0.119. The van der Waals surface area contributed by atoms with Crippen molar-refractivity contribution < 1.29 is 4.79 Å². The van der Waals surface area contributed by atoms with Gasteiger partial charge in [0.1, 0.15) is 0 Å². The van der Waals surface area contributed by atoms with E-state index >= 15 is 0 Å². The molecule has 0 aliphatic heterocycles. The summed E-state index contributed by atoms with van der Waals surface area (Å²) >= 11 is 0. The lowest BCUT2D eigenvalue weighted by Crippen LogP contribution is -2.15. The summed E-state index contributed by atoms with van der Waals surface area (Å²) in [6, 6.07) is 0. The van der Waals surface area contributed by atoms with Crippen LogP contribution in [-0.2, 0) is 4.79 Å². The van der Waals surface area contributed by atoms with Gasteiger partial charge in [-0.3, -0.25) is 4.79 Å². The molecular weight excluding hydrogens is 148 g/mol. The molecule has 1 fully saturated rings. The van der Waals surface area contributed by atoms with Gasteiger partial charge in [0.2, 0.25) is 0 Å². The van der Waals surface area contributed by atoms with Gasteiger partial charge in [-0.25, -0.2) is 0 Å². The van der Waals surface area contributed by atoms with Gasteiger partial charge in [-0.2, -0.15) is 0 Å². The minimum absolute atomic E-state index is 0.349. The third-order valence-corrected chi connectivity index (χ3v) is 2.53. The van der Waals surface area contributed by atoms with Crippen LogP contribution >= 0.6 is 0 Å². The standard InChI is InChI=1S/C11H18O/c1-2-3-9-11(12)10-7-5-4-6-8-10/h3,9-10H,2,4-8H2,1H3/b9-3+. The van der Waals surface area contributed by atoms with Crippen LogP contribution in [0.15, 0.2) is 12.2 Å². The van der Waals surface area contributed by atoms with E-state index in [4.69, 9.17) is 0 Å². The summed E-state index contributed by atoms with van der Waals surface area (Å²) in [6.07, 6.45) is 10.8. The van der Waals surface area contributed by atoms with E-state index in [-0.39, 0.29) is 0 Å². The molecule has 12 heavy (non-hydrogen) atoms. The molecule has 0 atom stereocenters. The molecule has 0 unspecified atom stereocenters. The predicted molar refractivity (Wildman–Crippen MR) is 51.0 cm³/mol. The van der Waals surface area contributed by atoms with Gasteiger partial charge < -0.3 is 0 Å². The molecule has 0 aromatic heterocycles. The molecular formula is C11H18O. The fourth-order valence-corrected chi connectivity index (χ4v) is 1.76. The SMILES string of the molecule is CC/C=C/C(=O)C1CCCCC1. The molecule has 0 bridgehead atoms. The Morgan fingerprint density at radius 3 is 2.58 bits per heavy atom. The topological polar surface area (TPSA) is 17.1 Å². The van der Waals surface area contributed by atoms with Crippen LogP contribution in [-0.4, -0.2) is 5.78 Å². The van der Waals surface area contributed by atoms with Crippen molar-refractivity contribution in [3.05, 3.63) is 12.2 Å². The Bertz CT molecular complexity index is 164. The number of allylic oxidation sites excluding steroid dienone is 2. The number of hydrogen-bond donors (Lipinski definition) is 0. The number of ketones is 1. The summed E-state index contributed by atoms with van der Waals surface area (Å²) in [5.74, 6) is 0.707. The van der Waals surface area contributed by atoms with Crippen LogP contribution in [0.5, 0.6) is 0 Å². The van der Waals surface area contributed by atoms with Crippen LogP contribution in [0.1, 0.15) is 45.4 Å². The first-order valence-electron chi connectivity index (χ1n) is 5.05. The summed E-state index contributed by atoms with van der Waals surface area (Å²) in [4.78, 5) is 11.5. The zero-order chi connectivity index (χ0) is 8.81. The van der Waals surface area contributed by atoms with Crippen LogP contribution in [0.2, 0.25) is 0 Å². The van der Waals surface area contributed by atoms with E-state index in [2.05, 4.69) is 6.92 Å². The minimum atomic E-state index is 0.349. The molecule has 1 aliphatic carbocycles. The van der Waals surface area contributed by atoms with Crippen molar-refractivity contribution >= 4 is 5.78 Å². The van der Waals surface area contributed by atoms with Crippen LogP contribution in [0, 0.1) is 5.92 Å². The van der Waals surface area contributed by atoms with Crippen LogP contribution in [0.25, 0.3) is 0 Å². The molecule has 1 nitrogen and oxygen atoms in total. The van der Waals surface area contributed by atoms with E-state index in [9.17, 15) is 4.79 Å². The van der Waals surface area contributed by atoms with Crippen molar-refractivity contribution in [1.82, 2.24) is 0 Å². The van der Waals surface area contributed by atoms with Crippen molar-refractivity contribution in [3.63, 3.8) is 0 Å². The molecule has 1 aliphatic rings. The van der Waals surface area contributed by atoms with Gasteiger partial charge in [0.15, 0.2) is 5.78 Å². The molecule has 0 heterocycles. The zero-order valence-corrected chi connectivity index (χ0v) is 7.88. The molecule has 1 rings (SSSR count). The van der Waals surface area contributed by atoms with Gasteiger partial charge in [0.25, 0.3) is 0 Å². The largest absolute Gasteiger partial charge is 0.295 e. The monoisotopic (exact) mass is 166 g/mol. The van der Waals surface area contributed by atoms with Crippen LogP contribution in [0.3, 0.4) is 0 Å². The Morgan fingerprint density at radius 2 is 2.00 bits per heavy atom. The maximum absolute atomic E-state index is 11.5. The van der Waals surface area contributed by atoms with Gasteiger partial charge >= 0.3 is 0 Å². The van der Waals surface area contributed by atoms with Crippen molar-refractivity contribution in [2.24, 2.45) is 5.92 Å². The van der Waals surface area contributed by atoms with Crippen LogP contribution < -0.4 is 0 Å². The predicted octanol–water partition coefficient (Wildman–Crippen LogP) is 3.10. The Morgan fingerprint density at radius 1 is 1.33 bits per heavy atom. The highest BCUT2D eigenvalue weighted by Gasteiger charge is 2.18. The molecule has 68 valence electrons. The summed E-state index contributed by atoms with van der Waals surface area (Å²) in [6.45, 7) is 2.06. The second-order valence-electron chi connectivity index (χ2n) is 3.55. The molecule has 0 amide bonds. The Hall–Kier alpha value is -0.590. The highest BCUT2D eigenvalue weighted by molar-refractivity contribution is 5.91. The number of carbonyl (C=O) groups is 1. The Labute approximate surface area is 74.9 Å². The first kappa shape index (κ1) is 9.50. The summed E-state index contributed by atoms with van der Waals surface area (Å²) < 4.78 is 0. The Balaban J connectivity index is 2.34. The lowest BCUT2D eigenvalue weighted by atomic mass is 9.86. The van der Waals surface area contributed by atoms with Gasteiger partial charge in [-0.15, -0.1) is 0 Å². The fourth-order valence-electron chi connectivity index (χ4n) is 1.76.